The molecule has 108 valence electrons. The molecule has 1 heterocycles. The highest BCUT2D eigenvalue weighted by Crippen LogP contribution is 2.16. The fraction of sp³-hybridized carbons (Fsp3) is 0.278. The molecular weight excluding hydrogens is 262 g/mol. The molecular formula is C18H19NO2. The van der Waals surface area contributed by atoms with Gasteiger partial charge in [-0.15, -0.1) is 0 Å². The van der Waals surface area contributed by atoms with Gasteiger partial charge in [0.05, 0.1) is 6.54 Å². The molecule has 2 aromatic carbocycles. The van der Waals surface area contributed by atoms with Crippen molar-refractivity contribution in [3.63, 3.8) is 0 Å². The second-order valence-electron chi connectivity index (χ2n) is 5.51. The van der Waals surface area contributed by atoms with Crippen molar-refractivity contribution in [2.24, 2.45) is 0 Å². The van der Waals surface area contributed by atoms with Gasteiger partial charge in [-0.2, -0.15) is 0 Å². The summed E-state index contributed by atoms with van der Waals surface area (Å²) in [4.78, 5) is 14.5. The van der Waals surface area contributed by atoms with E-state index in [1.165, 1.54) is 11.1 Å². The summed E-state index contributed by atoms with van der Waals surface area (Å²) in [6, 6.07) is 15.0. The molecule has 21 heavy (non-hydrogen) atoms. The van der Waals surface area contributed by atoms with E-state index in [1.54, 1.807) is 24.3 Å². The molecule has 1 N–H and O–H groups in total. The topological polar surface area (TPSA) is 40.5 Å². The number of ketones is 1. The zero-order valence-electron chi connectivity index (χ0n) is 12.0. The third-order valence-electron chi connectivity index (χ3n) is 4.07. The molecule has 0 aliphatic carbocycles. The zero-order chi connectivity index (χ0) is 14.7. The number of hydrogen-bond donors (Lipinski definition) is 1. The quantitative estimate of drug-likeness (QED) is 0.879. The zero-order valence-corrected chi connectivity index (χ0v) is 12.0. The van der Waals surface area contributed by atoms with E-state index in [-0.39, 0.29) is 11.5 Å². The summed E-state index contributed by atoms with van der Waals surface area (Å²) in [5.74, 6) is 0.303. The molecule has 1 aliphatic heterocycles. The first kappa shape index (κ1) is 13.8. The van der Waals surface area contributed by atoms with Gasteiger partial charge in [0.25, 0.3) is 0 Å². The van der Waals surface area contributed by atoms with Crippen LogP contribution in [0.25, 0.3) is 0 Å². The lowest BCUT2D eigenvalue weighted by Gasteiger charge is -2.18. The Kier molecular flexibility index (Phi) is 4.02. The first-order valence-electron chi connectivity index (χ1n) is 7.34. The Bertz CT molecular complexity index is 607. The molecule has 0 saturated carbocycles. The number of carbonyl (C=O) groups excluding carboxylic acids is 1. The average molecular weight is 281 g/mol. The van der Waals surface area contributed by atoms with Crippen LogP contribution in [0.5, 0.6) is 5.75 Å². The Morgan fingerprint density at radius 3 is 2.10 bits per heavy atom. The molecule has 0 bridgehead atoms. The number of hydrogen-bond acceptors (Lipinski definition) is 3. The summed E-state index contributed by atoms with van der Waals surface area (Å²) in [6.07, 6.45) is 2.00. The minimum atomic E-state index is 0.112. The number of phenolic OH excluding ortho intramolecular Hbond substituents is 1. The third kappa shape index (κ3) is 3.31. The van der Waals surface area contributed by atoms with Crippen molar-refractivity contribution in [1.82, 2.24) is 4.90 Å². The number of fused-ring (bicyclic) bond motifs is 1. The second-order valence-corrected chi connectivity index (χ2v) is 5.51. The second kappa shape index (κ2) is 6.10. The van der Waals surface area contributed by atoms with Crippen molar-refractivity contribution in [3.8, 4) is 5.75 Å². The number of benzene rings is 2. The summed E-state index contributed by atoms with van der Waals surface area (Å²) in [5.41, 5.74) is 3.46. The van der Waals surface area contributed by atoms with Crippen molar-refractivity contribution in [3.05, 3.63) is 65.2 Å². The number of phenols is 1. The Hall–Kier alpha value is -2.13. The molecule has 0 unspecified atom stereocenters. The molecule has 3 heteroatoms. The van der Waals surface area contributed by atoms with Crippen molar-refractivity contribution in [1.29, 1.82) is 0 Å². The van der Waals surface area contributed by atoms with Crippen molar-refractivity contribution in [2.75, 3.05) is 19.6 Å². The molecule has 2 aromatic rings. The van der Waals surface area contributed by atoms with Gasteiger partial charge in [-0.05, 0) is 48.2 Å². The van der Waals surface area contributed by atoms with E-state index < -0.39 is 0 Å². The van der Waals surface area contributed by atoms with Crippen LogP contribution >= 0.6 is 0 Å². The SMILES string of the molecule is O=C(CN1CCc2ccccc2CC1)c1ccc(O)cc1. The summed E-state index contributed by atoms with van der Waals surface area (Å²) in [5, 5.41) is 9.28. The molecule has 3 rings (SSSR count). The van der Waals surface area contributed by atoms with Crippen LogP contribution in [0.3, 0.4) is 0 Å². The Balaban J connectivity index is 1.64. The van der Waals surface area contributed by atoms with E-state index in [0.717, 1.165) is 25.9 Å². The van der Waals surface area contributed by atoms with Crippen molar-refractivity contribution >= 4 is 5.78 Å². The largest absolute Gasteiger partial charge is 0.508 e. The Labute approximate surface area is 124 Å². The maximum atomic E-state index is 12.3. The van der Waals surface area contributed by atoms with E-state index in [2.05, 4.69) is 29.2 Å². The highest BCUT2D eigenvalue weighted by Gasteiger charge is 2.16. The lowest BCUT2D eigenvalue weighted by atomic mass is 10.0. The van der Waals surface area contributed by atoms with Crippen LogP contribution < -0.4 is 0 Å². The third-order valence-corrected chi connectivity index (χ3v) is 4.07. The van der Waals surface area contributed by atoms with Crippen LogP contribution in [0.15, 0.2) is 48.5 Å². The molecule has 0 amide bonds. The van der Waals surface area contributed by atoms with Gasteiger partial charge < -0.3 is 5.11 Å². The molecule has 1 aliphatic rings. The molecule has 0 spiro atoms. The van der Waals surface area contributed by atoms with Crippen LogP contribution in [0.2, 0.25) is 0 Å². The normalized spacial score (nSPS) is 15.2. The first-order valence-corrected chi connectivity index (χ1v) is 7.34. The maximum absolute atomic E-state index is 12.3. The minimum Gasteiger partial charge on any atom is -0.508 e. The van der Waals surface area contributed by atoms with Gasteiger partial charge in [-0.3, -0.25) is 9.69 Å². The van der Waals surface area contributed by atoms with E-state index in [9.17, 15) is 9.90 Å². The van der Waals surface area contributed by atoms with Crippen LogP contribution in [-0.4, -0.2) is 35.4 Å². The molecule has 0 radical (unpaired) electrons. The molecule has 3 nitrogen and oxygen atoms in total. The van der Waals surface area contributed by atoms with Crippen molar-refractivity contribution in [2.45, 2.75) is 12.8 Å². The van der Waals surface area contributed by atoms with Crippen LogP contribution in [-0.2, 0) is 12.8 Å². The van der Waals surface area contributed by atoms with Gasteiger partial charge in [0.1, 0.15) is 5.75 Å². The number of Topliss-reactive ketones (excluding diaryl/α,β-unsaturated/α-hetero) is 1. The molecule has 0 aromatic heterocycles. The van der Waals surface area contributed by atoms with Crippen molar-refractivity contribution < 1.29 is 9.90 Å². The maximum Gasteiger partial charge on any atom is 0.176 e. The Morgan fingerprint density at radius 2 is 1.52 bits per heavy atom. The highest BCUT2D eigenvalue weighted by molar-refractivity contribution is 5.97. The van der Waals surface area contributed by atoms with Crippen LogP contribution in [0.1, 0.15) is 21.5 Å². The number of nitrogens with zero attached hydrogens (tertiary/aromatic N) is 1. The monoisotopic (exact) mass is 281 g/mol. The standard InChI is InChI=1S/C18H19NO2/c20-17-7-5-16(6-8-17)18(21)13-19-11-9-14-3-1-2-4-15(14)10-12-19/h1-8,20H,9-13H2. The summed E-state index contributed by atoms with van der Waals surface area (Å²) in [6.45, 7) is 2.28. The van der Waals surface area contributed by atoms with Gasteiger partial charge in [-0.25, -0.2) is 0 Å². The van der Waals surface area contributed by atoms with E-state index in [4.69, 9.17) is 0 Å². The van der Waals surface area contributed by atoms with Crippen LogP contribution in [0.4, 0.5) is 0 Å². The highest BCUT2D eigenvalue weighted by atomic mass is 16.3. The van der Waals surface area contributed by atoms with E-state index in [1.807, 2.05) is 0 Å². The predicted octanol–water partition coefficient (Wildman–Crippen LogP) is 2.68. The van der Waals surface area contributed by atoms with Gasteiger partial charge in [0.15, 0.2) is 5.78 Å². The Morgan fingerprint density at radius 1 is 0.952 bits per heavy atom. The summed E-state index contributed by atoms with van der Waals surface area (Å²) in [7, 11) is 0. The van der Waals surface area contributed by atoms with Crippen LogP contribution in [0, 0.1) is 0 Å². The predicted molar refractivity (Wildman–Crippen MR) is 82.7 cm³/mol. The molecule has 0 atom stereocenters. The average Bonchev–Trinajstić information content (AvgIpc) is 2.71. The first-order chi connectivity index (χ1) is 10.2. The number of aromatic hydroxyl groups is 1. The number of carbonyl (C=O) groups is 1. The van der Waals surface area contributed by atoms with E-state index >= 15 is 0 Å². The van der Waals surface area contributed by atoms with Gasteiger partial charge in [0.2, 0.25) is 0 Å². The van der Waals surface area contributed by atoms with Gasteiger partial charge in [0, 0.05) is 18.7 Å². The smallest absolute Gasteiger partial charge is 0.176 e. The van der Waals surface area contributed by atoms with Gasteiger partial charge >= 0.3 is 0 Å². The summed E-state index contributed by atoms with van der Waals surface area (Å²) < 4.78 is 0. The minimum absolute atomic E-state index is 0.112. The van der Waals surface area contributed by atoms with E-state index in [0.29, 0.717) is 12.1 Å². The lowest BCUT2D eigenvalue weighted by molar-refractivity contribution is 0.0933. The van der Waals surface area contributed by atoms with Gasteiger partial charge in [-0.1, -0.05) is 24.3 Å². The molecule has 0 fully saturated rings. The fourth-order valence-corrected chi connectivity index (χ4v) is 2.81. The fourth-order valence-electron chi connectivity index (χ4n) is 2.81. The lowest BCUT2D eigenvalue weighted by Crippen LogP contribution is -2.32. The molecule has 0 saturated heterocycles. The summed E-state index contributed by atoms with van der Waals surface area (Å²) >= 11 is 0. The number of rotatable bonds is 3.